The van der Waals surface area contributed by atoms with E-state index in [2.05, 4.69) is 5.32 Å². The Morgan fingerprint density at radius 3 is 2.40 bits per heavy atom. The van der Waals surface area contributed by atoms with Crippen LogP contribution in [-0.4, -0.2) is 32.3 Å². The van der Waals surface area contributed by atoms with E-state index in [0.29, 0.717) is 54.2 Å². The number of para-hydroxylation sites is 1. The number of carbonyl (C=O) groups is 1. The molecule has 0 saturated carbocycles. The van der Waals surface area contributed by atoms with Gasteiger partial charge in [-0.2, -0.15) is 0 Å². The molecule has 0 spiro atoms. The van der Waals surface area contributed by atoms with Gasteiger partial charge in [0.2, 0.25) is 0 Å². The second kappa shape index (κ2) is 9.79. The molecule has 2 aromatic carbocycles. The van der Waals surface area contributed by atoms with Gasteiger partial charge in [0.15, 0.2) is 11.5 Å². The molecule has 1 N–H and O–H groups in total. The van der Waals surface area contributed by atoms with Gasteiger partial charge in [-0.05, 0) is 44.2 Å². The van der Waals surface area contributed by atoms with Crippen molar-refractivity contribution in [2.75, 3.05) is 26.4 Å². The topological polar surface area (TPSA) is 56.8 Å². The normalized spacial score (nSPS) is 10.2. The molecule has 0 heterocycles. The van der Waals surface area contributed by atoms with E-state index in [1.54, 1.807) is 30.3 Å². The lowest BCUT2D eigenvalue weighted by Crippen LogP contribution is -2.28. The second-order valence-electron chi connectivity index (χ2n) is 5.06. The van der Waals surface area contributed by atoms with Crippen LogP contribution in [0.2, 0.25) is 5.02 Å². The molecule has 0 aliphatic heterocycles. The van der Waals surface area contributed by atoms with Crippen LogP contribution in [0.5, 0.6) is 17.2 Å². The number of amides is 1. The van der Waals surface area contributed by atoms with Crippen molar-refractivity contribution in [2.24, 2.45) is 0 Å². The first-order valence-electron chi connectivity index (χ1n) is 8.20. The zero-order valence-electron chi connectivity index (χ0n) is 14.4. The molecule has 0 atom stereocenters. The van der Waals surface area contributed by atoms with Crippen LogP contribution in [0.25, 0.3) is 0 Å². The standard InChI is InChI=1S/C19H22ClNO4/c1-3-23-17-10-9-14(13-18(17)24-4-2)19(22)21-11-12-25-16-8-6-5-7-15(16)20/h5-10,13H,3-4,11-12H2,1-2H3,(H,21,22). The second-order valence-corrected chi connectivity index (χ2v) is 5.47. The fourth-order valence-electron chi connectivity index (χ4n) is 2.18. The van der Waals surface area contributed by atoms with Crippen molar-refractivity contribution in [3.8, 4) is 17.2 Å². The maximum Gasteiger partial charge on any atom is 0.251 e. The minimum Gasteiger partial charge on any atom is -0.490 e. The highest BCUT2D eigenvalue weighted by Crippen LogP contribution is 2.28. The summed E-state index contributed by atoms with van der Waals surface area (Å²) in [5.74, 6) is 1.58. The molecule has 0 radical (unpaired) electrons. The lowest BCUT2D eigenvalue weighted by Gasteiger charge is -2.13. The Balaban J connectivity index is 1.89. The van der Waals surface area contributed by atoms with Crippen LogP contribution < -0.4 is 19.5 Å². The van der Waals surface area contributed by atoms with Gasteiger partial charge in [0, 0.05) is 5.56 Å². The van der Waals surface area contributed by atoms with E-state index in [9.17, 15) is 4.79 Å². The van der Waals surface area contributed by atoms with Crippen LogP contribution in [0.4, 0.5) is 0 Å². The third-order valence-corrected chi connectivity index (χ3v) is 3.60. The predicted molar refractivity (Wildman–Crippen MR) is 98.1 cm³/mol. The molecule has 0 saturated heterocycles. The molecule has 0 aliphatic rings. The fraction of sp³-hybridized carbons (Fsp3) is 0.316. The maximum atomic E-state index is 12.3. The molecule has 0 bridgehead atoms. The van der Waals surface area contributed by atoms with Gasteiger partial charge < -0.3 is 19.5 Å². The molecular formula is C19H22ClNO4. The van der Waals surface area contributed by atoms with Crippen LogP contribution in [0.1, 0.15) is 24.2 Å². The van der Waals surface area contributed by atoms with Crippen molar-refractivity contribution in [1.82, 2.24) is 5.32 Å². The lowest BCUT2D eigenvalue weighted by atomic mass is 10.2. The monoisotopic (exact) mass is 363 g/mol. The average Bonchev–Trinajstić information content (AvgIpc) is 2.62. The predicted octanol–water partition coefficient (Wildman–Crippen LogP) is 3.95. The molecule has 0 aromatic heterocycles. The summed E-state index contributed by atoms with van der Waals surface area (Å²) in [6.45, 7) is 5.50. The third-order valence-electron chi connectivity index (χ3n) is 3.29. The van der Waals surface area contributed by atoms with E-state index in [4.69, 9.17) is 25.8 Å². The Kier molecular flexibility index (Phi) is 7.41. The quantitative estimate of drug-likeness (QED) is 0.685. The Labute approximate surface area is 152 Å². The first kappa shape index (κ1) is 18.9. The van der Waals surface area contributed by atoms with Crippen LogP contribution in [-0.2, 0) is 0 Å². The van der Waals surface area contributed by atoms with E-state index in [1.807, 2.05) is 26.0 Å². The highest BCUT2D eigenvalue weighted by molar-refractivity contribution is 6.32. The Morgan fingerprint density at radius 2 is 1.68 bits per heavy atom. The smallest absolute Gasteiger partial charge is 0.251 e. The number of carbonyl (C=O) groups excluding carboxylic acids is 1. The molecule has 2 aromatic rings. The van der Waals surface area contributed by atoms with Crippen molar-refractivity contribution >= 4 is 17.5 Å². The first-order chi connectivity index (χ1) is 12.2. The van der Waals surface area contributed by atoms with Crippen LogP contribution in [0.15, 0.2) is 42.5 Å². The number of rotatable bonds is 9. The van der Waals surface area contributed by atoms with Gasteiger partial charge >= 0.3 is 0 Å². The van der Waals surface area contributed by atoms with Crippen LogP contribution in [0, 0.1) is 0 Å². The van der Waals surface area contributed by atoms with Crippen molar-refractivity contribution in [1.29, 1.82) is 0 Å². The van der Waals surface area contributed by atoms with Gasteiger partial charge in [0.05, 0.1) is 24.8 Å². The largest absolute Gasteiger partial charge is 0.490 e. The van der Waals surface area contributed by atoms with Crippen LogP contribution in [0.3, 0.4) is 0 Å². The maximum absolute atomic E-state index is 12.3. The van der Waals surface area contributed by atoms with E-state index in [0.717, 1.165) is 0 Å². The SMILES string of the molecule is CCOc1ccc(C(=O)NCCOc2ccccc2Cl)cc1OCC. The number of halogens is 1. The van der Waals surface area contributed by atoms with Crippen molar-refractivity contribution in [3.05, 3.63) is 53.1 Å². The minimum absolute atomic E-state index is 0.202. The summed E-state index contributed by atoms with van der Waals surface area (Å²) in [5, 5.41) is 3.35. The van der Waals surface area contributed by atoms with Gasteiger partial charge in [-0.1, -0.05) is 23.7 Å². The number of hydrogen-bond donors (Lipinski definition) is 1. The summed E-state index contributed by atoms with van der Waals surface area (Å²) < 4.78 is 16.6. The van der Waals surface area contributed by atoms with Gasteiger partial charge in [0.25, 0.3) is 5.91 Å². The number of nitrogens with one attached hydrogen (secondary N) is 1. The Morgan fingerprint density at radius 1 is 0.960 bits per heavy atom. The molecule has 25 heavy (non-hydrogen) atoms. The Bertz CT molecular complexity index is 706. The van der Waals surface area contributed by atoms with Crippen molar-refractivity contribution < 1.29 is 19.0 Å². The first-order valence-corrected chi connectivity index (χ1v) is 8.58. The van der Waals surface area contributed by atoms with Crippen molar-refractivity contribution in [2.45, 2.75) is 13.8 Å². The molecule has 134 valence electrons. The van der Waals surface area contributed by atoms with Gasteiger partial charge in [-0.3, -0.25) is 4.79 Å². The summed E-state index contributed by atoms with van der Waals surface area (Å²) in [6.07, 6.45) is 0. The Hall–Kier alpha value is -2.40. The molecular weight excluding hydrogens is 342 g/mol. The van der Waals surface area contributed by atoms with E-state index in [-0.39, 0.29) is 5.91 Å². The molecule has 0 aliphatic carbocycles. The summed E-state index contributed by atoms with van der Waals surface area (Å²) in [6, 6.07) is 12.3. The van der Waals surface area contributed by atoms with Gasteiger partial charge in [0.1, 0.15) is 12.4 Å². The molecule has 6 heteroatoms. The highest BCUT2D eigenvalue weighted by Gasteiger charge is 2.11. The summed E-state index contributed by atoms with van der Waals surface area (Å²) >= 11 is 6.01. The molecule has 0 unspecified atom stereocenters. The highest BCUT2D eigenvalue weighted by atomic mass is 35.5. The van der Waals surface area contributed by atoms with Crippen LogP contribution >= 0.6 is 11.6 Å². The van der Waals surface area contributed by atoms with E-state index < -0.39 is 0 Å². The molecule has 0 fully saturated rings. The van der Waals surface area contributed by atoms with Crippen molar-refractivity contribution in [3.63, 3.8) is 0 Å². The summed E-state index contributed by atoms with van der Waals surface area (Å²) in [7, 11) is 0. The number of ether oxygens (including phenoxy) is 3. The molecule has 1 amide bonds. The van der Waals surface area contributed by atoms with E-state index >= 15 is 0 Å². The number of hydrogen-bond acceptors (Lipinski definition) is 4. The zero-order valence-corrected chi connectivity index (χ0v) is 15.1. The zero-order chi connectivity index (χ0) is 18.1. The molecule has 2 rings (SSSR count). The lowest BCUT2D eigenvalue weighted by molar-refractivity contribution is 0.0946. The van der Waals surface area contributed by atoms with Gasteiger partial charge in [-0.15, -0.1) is 0 Å². The minimum atomic E-state index is -0.202. The third kappa shape index (κ3) is 5.57. The summed E-state index contributed by atoms with van der Waals surface area (Å²) in [5.41, 5.74) is 0.504. The van der Waals surface area contributed by atoms with Gasteiger partial charge in [-0.25, -0.2) is 0 Å². The fourth-order valence-corrected chi connectivity index (χ4v) is 2.37. The molecule has 5 nitrogen and oxygen atoms in total. The van der Waals surface area contributed by atoms with E-state index in [1.165, 1.54) is 0 Å². The average molecular weight is 364 g/mol. The number of benzene rings is 2. The summed E-state index contributed by atoms with van der Waals surface area (Å²) in [4.78, 5) is 12.3.